The number of carbonyl (C=O) groups excluding carboxylic acids is 1. The Bertz CT molecular complexity index is 823. The molecule has 2 aromatic carbocycles. The van der Waals surface area contributed by atoms with Crippen molar-refractivity contribution in [1.82, 2.24) is 9.97 Å². The van der Waals surface area contributed by atoms with Crippen LogP contribution in [0.3, 0.4) is 0 Å². The summed E-state index contributed by atoms with van der Waals surface area (Å²) in [6.07, 6.45) is 0. The Balaban J connectivity index is 2.25. The molecule has 0 aliphatic rings. The summed E-state index contributed by atoms with van der Waals surface area (Å²) >= 11 is 0. The average molecular weight is 288 g/mol. The van der Waals surface area contributed by atoms with Crippen molar-refractivity contribution in [3.8, 4) is 11.4 Å². The van der Waals surface area contributed by atoms with E-state index in [1.807, 2.05) is 0 Å². The van der Waals surface area contributed by atoms with Crippen molar-refractivity contribution < 1.29 is 18.3 Å². The molecule has 0 fully saturated rings. The van der Waals surface area contributed by atoms with Gasteiger partial charge in [-0.2, -0.15) is 0 Å². The lowest BCUT2D eigenvalue weighted by molar-refractivity contribution is 0.0603. The van der Waals surface area contributed by atoms with Crippen LogP contribution in [0.5, 0.6) is 0 Å². The van der Waals surface area contributed by atoms with Gasteiger partial charge in [0.05, 0.1) is 23.8 Å². The normalized spacial score (nSPS) is 10.8. The molecule has 0 saturated carbocycles. The monoisotopic (exact) mass is 288 g/mol. The number of aromatic amines is 1. The molecule has 0 bridgehead atoms. The minimum absolute atomic E-state index is 0.0250. The number of nitrogens with zero attached hydrogens (tertiary/aromatic N) is 1. The Hall–Kier alpha value is -2.76. The van der Waals surface area contributed by atoms with Crippen LogP contribution in [0.15, 0.2) is 36.4 Å². The fraction of sp³-hybridized carbons (Fsp3) is 0.0667. The van der Waals surface area contributed by atoms with Crippen molar-refractivity contribution in [2.75, 3.05) is 7.11 Å². The zero-order valence-corrected chi connectivity index (χ0v) is 11.0. The lowest BCUT2D eigenvalue weighted by Gasteiger charge is -2.00. The van der Waals surface area contributed by atoms with Crippen LogP contribution in [-0.4, -0.2) is 23.0 Å². The predicted molar refractivity (Wildman–Crippen MR) is 72.8 cm³/mol. The lowest BCUT2D eigenvalue weighted by atomic mass is 10.2. The fourth-order valence-electron chi connectivity index (χ4n) is 2.15. The predicted octanol–water partition coefficient (Wildman–Crippen LogP) is 3.29. The van der Waals surface area contributed by atoms with Crippen LogP contribution in [0.4, 0.5) is 8.78 Å². The molecule has 1 aromatic heterocycles. The molecule has 0 atom stereocenters. The van der Waals surface area contributed by atoms with Gasteiger partial charge in [0, 0.05) is 0 Å². The van der Waals surface area contributed by atoms with Gasteiger partial charge < -0.3 is 9.72 Å². The summed E-state index contributed by atoms with van der Waals surface area (Å²) in [7, 11) is 1.26. The molecule has 0 amide bonds. The van der Waals surface area contributed by atoms with Gasteiger partial charge in [-0.3, -0.25) is 0 Å². The number of aromatic nitrogens is 2. The van der Waals surface area contributed by atoms with Crippen molar-refractivity contribution in [2.24, 2.45) is 0 Å². The largest absolute Gasteiger partial charge is 0.465 e. The molecule has 1 heterocycles. The van der Waals surface area contributed by atoms with Crippen LogP contribution in [0, 0.1) is 11.6 Å². The Morgan fingerprint density at radius 2 is 1.81 bits per heavy atom. The van der Waals surface area contributed by atoms with Crippen LogP contribution >= 0.6 is 0 Å². The SMILES string of the molecule is COC(=O)c1cccc2[nH]c(-c3c(F)cccc3F)nc12. The molecule has 0 aliphatic heterocycles. The summed E-state index contributed by atoms with van der Waals surface area (Å²) in [5.41, 5.74) is 0.774. The number of imidazole rings is 1. The lowest BCUT2D eigenvalue weighted by Crippen LogP contribution is -2.01. The van der Waals surface area contributed by atoms with Gasteiger partial charge in [-0.1, -0.05) is 12.1 Å². The maximum Gasteiger partial charge on any atom is 0.340 e. The number of fused-ring (bicyclic) bond motifs is 1. The summed E-state index contributed by atoms with van der Waals surface area (Å²) < 4.78 is 32.3. The quantitative estimate of drug-likeness (QED) is 0.736. The first-order valence-corrected chi connectivity index (χ1v) is 6.13. The van der Waals surface area contributed by atoms with E-state index in [1.165, 1.54) is 19.2 Å². The second-order valence-electron chi connectivity index (χ2n) is 4.38. The second-order valence-corrected chi connectivity index (χ2v) is 4.38. The summed E-state index contributed by atoms with van der Waals surface area (Å²) in [5, 5.41) is 0. The molecule has 3 rings (SSSR count). The number of esters is 1. The molecule has 1 N–H and O–H groups in total. The van der Waals surface area contributed by atoms with Gasteiger partial charge in [0.1, 0.15) is 23.0 Å². The second kappa shape index (κ2) is 4.97. The molecule has 106 valence electrons. The molecular formula is C15H10F2N2O2. The standard InChI is InChI=1S/C15H10F2N2O2/c1-21-15(20)8-4-2-7-11-13(8)19-14(18-11)12-9(16)5-3-6-10(12)17/h2-7H,1H3,(H,18,19). The van der Waals surface area contributed by atoms with Crippen LogP contribution < -0.4 is 0 Å². The number of hydrogen-bond donors (Lipinski definition) is 1. The van der Waals surface area contributed by atoms with Crippen molar-refractivity contribution in [3.05, 3.63) is 53.6 Å². The van der Waals surface area contributed by atoms with Gasteiger partial charge in [-0.25, -0.2) is 18.6 Å². The minimum Gasteiger partial charge on any atom is -0.465 e. The highest BCUT2D eigenvalue weighted by molar-refractivity contribution is 6.02. The number of para-hydroxylation sites is 1. The van der Waals surface area contributed by atoms with E-state index in [-0.39, 0.29) is 17.0 Å². The average Bonchev–Trinajstić information content (AvgIpc) is 2.89. The molecule has 6 heteroatoms. The zero-order valence-electron chi connectivity index (χ0n) is 11.0. The van der Waals surface area contributed by atoms with Crippen molar-refractivity contribution in [1.29, 1.82) is 0 Å². The van der Waals surface area contributed by atoms with Crippen LogP contribution in [-0.2, 0) is 4.74 Å². The molecule has 3 aromatic rings. The van der Waals surface area contributed by atoms with E-state index in [4.69, 9.17) is 0 Å². The first kappa shape index (κ1) is 13.2. The van der Waals surface area contributed by atoms with Crippen LogP contribution in [0.1, 0.15) is 10.4 Å². The van der Waals surface area contributed by atoms with E-state index >= 15 is 0 Å². The summed E-state index contributed by atoms with van der Waals surface area (Å²) in [6, 6.07) is 8.40. The topological polar surface area (TPSA) is 55.0 Å². The van der Waals surface area contributed by atoms with Gasteiger partial charge in [0.15, 0.2) is 0 Å². The maximum absolute atomic E-state index is 13.8. The Morgan fingerprint density at radius 1 is 1.14 bits per heavy atom. The summed E-state index contributed by atoms with van der Waals surface area (Å²) in [6.45, 7) is 0. The van der Waals surface area contributed by atoms with Gasteiger partial charge in [0.2, 0.25) is 0 Å². The number of hydrogen-bond acceptors (Lipinski definition) is 3. The van der Waals surface area contributed by atoms with Crippen molar-refractivity contribution in [3.63, 3.8) is 0 Å². The van der Waals surface area contributed by atoms with Crippen molar-refractivity contribution in [2.45, 2.75) is 0 Å². The third-order valence-electron chi connectivity index (χ3n) is 3.12. The highest BCUT2D eigenvalue weighted by Gasteiger charge is 2.18. The van der Waals surface area contributed by atoms with E-state index in [1.54, 1.807) is 12.1 Å². The number of methoxy groups -OCH3 is 1. The van der Waals surface area contributed by atoms with Gasteiger partial charge in [-0.15, -0.1) is 0 Å². The van der Waals surface area contributed by atoms with E-state index in [2.05, 4.69) is 14.7 Å². The van der Waals surface area contributed by atoms with E-state index in [9.17, 15) is 13.6 Å². The molecule has 0 saturated heterocycles. The number of benzene rings is 2. The highest BCUT2D eigenvalue weighted by atomic mass is 19.1. The van der Waals surface area contributed by atoms with Gasteiger partial charge >= 0.3 is 5.97 Å². The van der Waals surface area contributed by atoms with E-state index < -0.39 is 17.6 Å². The van der Waals surface area contributed by atoms with Crippen LogP contribution in [0.2, 0.25) is 0 Å². The maximum atomic E-state index is 13.8. The molecular weight excluding hydrogens is 278 g/mol. The number of ether oxygens (including phenoxy) is 1. The first-order chi connectivity index (χ1) is 10.1. The molecule has 0 radical (unpaired) electrons. The Kier molecular flexibility index (Phi) is 3.13. The van der Waals surface area contributed by atoms with Gasteiger partial charge in [0.25, 0.3) is 0 Å². The third kappa shape index (κ3) is 2.14. The van der Waals surface area contributed by atoms with E-state index in [0.717, 1.165) is 12.1 Å². The molecule has 0 spiro atoms. The number of halogens is 2. The minimum atomic E-state index is -0.728. The summed E-state index contributed by atoms with van der Waals surface area (Å²) in [5.74, 6) is -1.99. The Morgan fingerprint density at radius 3 is 2.48 bits per heavy atom. The number of rotatable bonds is 2. The number of H-pyrrole nitrogens is 1. The molecule has 4 nitrogen and oxygen atoms in total. The fourth-order valence-corrected chi connectivity index (χ4v) is 2.15. The third-order valence-corrected chi connectivity index (χ3v) is 3.12. The first-order valence-electron chi connectivity index (χ1n) is 6.13. The van der Waals surface area contributed by atoms with E-state index in [0.29, 0.717) is 11.0 Å². The highest BCUT2D eigenvalue weighted by Crippen LogP contribution is 2.27. The summed E-state index contributed by atoms with van der Waals surface area (Å²) in [4.78, 5) is 18.6. The number of carbonyl (C=O) groups is 1. The van der Waals surface area contributed by atoms with Gasteiger partial charge in [-0.05, 0) is 24.3 Å². The molecule has 21 heavy (non-hydrogen) atoms. The zero-order chi connectivity index (χ0) is 15.0. The molecule has 0 unspecified atom stereocenters. The number of nitrogens with one attached hydrogen (secondary N) is 1. The smallest absolute Gasteiger partial charge is 0.340 e. The van der Waals surface area contributed by atoms with Crippen molar-refractivity contribution >= 4 is 17.0 Å². The Labute approximate surface area is 118 Å². The molecule has 0 aliphatic carbocycles. The van der Waals surface area contributed by atoms with Crippen LogP contribution in [0.25, 0.3) is 22.4 Å².